The van der Waals surface area contributed by atoms with Crippen LogP contribution in [0.4, 0.5) is 5.69 Å². The van der Waals surface area contributed by atoms with E-state index in [4.69, 9.17) is 0 Å². The number of carbonyl (C=O) groups excluding carboxylic acids is 1. The van der Waals surface area contributed by atoms with E-state index in [9.17, 15) is 13.2 Å². The Kier molecular flexibility index (Phi) is 4.31. The number of anilines is 1. The Morgan fingerprint density at radius 3 is 2.74 bits per heavy atom. The number of hydrogen-bond acceptors (Lipinski definition) is 7. The average molecular weight is 405 g/mol. The van der Waals surface area contributed by atoms with Gasteiger partial charge in [0.05, 0.1) is 40.3 Å². The molecule has 0 N–H and O–H groups in total. The average Bonchev–Trinajstić information content (AvgIpc) is 3.23. The van der Waals surface area contributed by atoms with Crippen LogP contribution in [0.2, 0.25) is 0 Å². The second kappa shape index (κ2) is 6.42. The highest BCUT2D eigenvalue weighted by molar-refractivity contribution is 7.90. The van der Waals surface area contributed by atoms with Gasteiger partial charge >= 0.3 is 0 Å². The molecule has 1 aromatic heterocycles. The van der Waals surface area contributed by atoms with E-state index in [-0.39, 0.29) is 16.8 Å². The Labute approximate surface area is 162 Å². The first-order valence-corrected chi connectivity index (χ1v) is 11.4. The predicted octanol–water partition coefficient (Wildman–Crippen LogP) is 2.47. The van der Waals surface area contributed by atoms with E-state index < -0.39 is 9.84 Å². The molecule has 142 valence electrons. The third-order valence-electron chi connectivity index (χ3n) is 4.85. The number of nitrogens with zero attached hydrogens (tertiary/aromatic N) is 4. The molecule has 0 radical (unpaired) electrons. The van der Waals surface area contributed by atoms with E-state index in [1.807, 2.05) is 6.92 Å². The molecule has 2 aliphatic heterocycles. The highest BCUT2D eigenvalue weighted by Gasteiger charge is 2.41. The molecule has 0 fully saturated rings. The fraction of sp³-hybridized carbons (Fsp3) is 0.389. The Morgan fingerprint density at radius 2 is 2.11 bits per heavy atom. The van der Waals surface area contributed by atoms with Crippen LogP contribution in [-0.2, 0) is 16.4 Å². The van der Waals surface area contributed by atoms with Crippen LogP contribution in [0.3, 0.4) is 0 Å². The maximum atomic E-state index is 13.3. The summed E-state index contributed by atoms with van der Waals surface area (Å²) in [4.78, 5) is 27.0. The van der Waals surface area contributed by atoms with Crippen LogP contribution >= 0.6 is 11.3 Å². The van der Waals surface area contributed by atoms with Gasteiger partial charge in [0.15, 0.2) is 9.84 Å². The van der Waals surface area contributed by atoms with Crippen LogP contribution in [0, 0.1) is 6.92 Å². The van der Waals surface area contributed by atoms with Crippen molar-refractivity contribution >= 4 is 38.7 Å². The van der Waals surface area contributed by atoms with Gasteiger partial charge in [0.2, 0.25) is 5.96 Å². The van der Waals surface area contributed by atoms with Crippen molar-refractivity contribution < 1.29 is 13.2 Å². The molecule has 0 bridgehead atoms. The van der Waals surface area contributed by atoms with Gasteiger partial charge in [-0.15, -0.1) is 11.3 Å². The van der Waals surface area contributed by atoms with Gasteiger partial charge in [0, 0.05) is 17.3 Å². The number of aryl methyl sites for hydroxylation is 1. The van der Waals surface area contributed by atoms with Crippen molar-refractivity contribution in [2.75, 3.05) is 17.7 Å². The number of fused-ring (bicyclic) bond motifs is 3. The molecule has 1 amide bonds. The van der Waals surface area contributed by atoms with Crippen molar-refractivity contribution in [2.45, 2.75) is 37.8 Å². The van der Waals surface area contributed by atoms with Crippen LogP contribution in [0.1, 0.15) is 33.6 Å². The summed E-state index contributed by atoms with van der Waals surface area (Å²) in [6.45, 7) is 5.00. The van der Waals surface area contributed by atoms with Crippen LogP contribution < -0.4 is 4.90 Å². The number of hydrogen-bond donors (Lipinski definition) is 0. The number of rotatable bonds is 4. The second-order valence-corrected chi connectivity index (χ2v) is 10.1. The molecule has 0 spiro atoms. The maximum Gasteiger partial charge on any atom is 0.263 e. The lowest BCUT2D eigenvalue weighted by molar-refractivity contribution is 0.0833. The second-order valence-electron chi connectivity index (χ2n) is 6.76. The Morgan fingerprint density at radius 1 is 1.33 bits per heavy atom. The first kappa shape index (κ1) is 18.1. The Bertz CT molecular complexity index is 1060. The summed E-state index contributed by atoms with van der Waals surface area (Å²) in [6.07, 6.45) is 3.80. The van der Waals surface area contributed by atoms with Gasteiger partial charge in [-0.25, -0.2) is 13.4 Å². The maximum absolute atomic E-state index is 13.3. The minimum atomic E-state index is -3.40. The molecule has 0 saturated carbocycles. The van der Waals surface area contributed by atoms with E-state index >= 15 is 0 Å². The van der Waals surface area contributed by atoms with Crippen LogP contribution in [0.5, 0.6) is 0 Å². The zero-order chi connectivity index (χ0) is 19.3. The minimum Gasteiger partial charge on any atom is -0.306 e. The summed E-state index contributed by atoms with van der Waals surface area (Å²) < 4.78 is 24.0. The van der Waals surface area contributed by atoms with Crippen molar-refractivity contribution in [3.05, 3.63) is 39.8 Å². The smallest absolute Gasteiger partial charge is 0.263 e. The highest BCUT2D eigenvalue weighted by atomic mass is 32.2. The quantitative estimate of drug-likeness (QED) is 0.782. The molecule has 27 heavy (non-hydrogen) atoms. The van der Waals surface area contributed by atoms with Crippen LogP contribution in [0.15, 0.2) is 34.3 Å². The third-order valence-corrected chi connectivity index (χ3v) is 6.86. The zero-order valence-corrected chi connectivity index (χ0v) is 17.0. The summed E-state index contributed by atoms with van der Waals surface area (Å²) >= 11 is 1.54. The molecule has 0 unspecified atom stereocenters. The van der Waals surface area contributed by atoms with Gasteiger partial charge in [-0.1, -0.05) is 6.92 Å². The Balaban J connectivity index is 1.83. The van der Waals surface area contributed by atoms with Crippen molar-refractivity contribution in [3.8, 4) is 0 Å². The van der Waals surface area contributed by atoms with Crippen LogP contribution in [0.25, 0.3) is 0 Å². The van der Waals surface area contributed by atoms with Gasteiger partial charge in [-0.05, 0) is 31.5 Å². The number of thiazole rings is 1. The number of aliphatic imine (C=N–C) groups is 1. The lowest BCUT2D eigenvalue weighted by Gasteiger charge is -2.38. The van der Waals surface area contributed by atoms with Crippen LogP contribution in [-0.4, -0.2) is 49.0 Å². The van der Waals surface area contributed by atoms with E-state index in [0.29, 0.717) is 24.6 Å². The molecular weight excluding hydrogens is 384 g/mol. The fourth-order valence-corrected chi connectivity index (χ4v) is 4.91. The summed E-state index contributed by atoms with van der Waals surface area (Å²) in [5.41, 5.74) is 1.13. The van der Waals surface area contributed by atoms with Crippen molar-refractivity contribution in [3.63, 3.8) is 0 Å². The number of sulfone groups is 1. The van der Waals surface area contributed by atoms with E-state index in [1.165, 1.54) is 17.4 Å². The Hall–Kier alpha value is -2.26. The summed E-state index contributed by atoms with van der Waals surface area (Å²) in [5, 5.41) is 0.936. The number of carbonyl (C=O) groups is 1. The molecule has 0 saturated heterocycles. The summed E-state index contributed by atoms with van der Waals surface area (Å²) in [5.74, 6) is 0.408. The SMILES string of the molecule is CC[C@@H]1CN=C2N(Cc3cnc(C)s3)C(=O)c3cc(S(C)(=O)=O)ccc3N21. The van der Waals surface area contributed by atoms with Crippen molar-refractivity contribution in [1.29, 1.82) is 0 Å². The number of guanidine groups is 1. The molecule has 2 aromatic rings. The minimum absolute atomic E-state index is 0.149. The lowest BCUT2D eigenvalue weighted by Crippen LogP contribution is -2.52. The molecule has 4 rings (SSSR count). The normalized spacial score (nSPS) is 19.1. The van der Waals surface area contributed by atoms with Gasteiger partial charge < -0.3 is 4.90 Å². The van der Waals surface area contributed by atoms with Gasteiger partial charge in [0.1, 0.15) is 0 Å². The molecule has 0 aliphatic carbocycles. The monoisotopic (exact) mass is 404 g/mol. The van der Waals surface area contributed by atoms with Gasteiger partial charge in [-0.2, -0.15) is 0 Å². The summed E-state index contributed by atoms with van der Waals surface area (Å²) in [6, 6.07) is 4.93. The molecule has 1 aromatic carbocycles. The zero-order valence-electron chi connectivity index (χ0n) is 15.3. The number of benzene rings is 1. The first-order valence-electron chi connectivity index (χ1n) is 8.70. The third kappa shape index (κ3) is 3.04. The molecule has 1 atom stereocenters. The van der Waals surface area contributed by atoms with Crippen molar-refractivity contribution in [1.82, 2.24) is 9.88 Å². The van der Waals surface area contributed by atoms with E-state index in [2.05, 4.69) is 21.8 Å². The standard InChI is InChI=1S/C18H20N4O3S2/c1-4-12-8-20-18-21(10-13-9-19-11(2)26-13)17(23)15-7-14(27(3,24)25)5-6-16(15)22(12)18/h5-7,9,12H,4,8,10H2,1-3H3/t12-/m1/s1. The summed E-state index contributed by atoms with van der Waals surface area (Å²) in [7, 11) is -3.40. The molecular formula is C18H20N4O3S2. The highest BCUT2D eigenvalue weighted by Crippen LogP contribution is 2.36. The largest absolute Gasteiger partial charge is 0.306 e. The van der Waals surface area contributed by atoms with E-state index in [1.54, 1.807) is 23.2 Å². The number of amides is 1. The van der Waals surface area contributed by atoms with Gasteiger partial charge in [0.25, 0.3) is 5.91 Å². The molecule has 3 heterocycles. The predicted molar refractivity (Wildman–Crippen MR) is 105 cm³/mol. The molecule has 9 heteroatoms. The molecule has 2 aliphatic rings. The van der Waals surface area contributed by atoms with Crippen molar-refractivity contribution in [2.24, 2.45) is 4.99 Å². The van der Waals surface area contributed by atoms with E-state index in [0.717, 1.165) is 28.2 Å². The topological polar surface area (TPSA) is 82.9 Å². The number of aromatic nitrogens is 1. The fourth-order valence-electron chi connectivity index (χ4n) is 3.48. The first-order chi connectivity index (χ1) is 12.8. The lowest BCUT2D eigenvalue weighted by atomic mass is 10.1. The molecule has 7 nitrogen and oxygen atoms in total. The van der Waals surface area contributed by atoms with Gasteiger partial charge in [-0.3, -0.25) is 14.7 Å².